The summed E-state index contributed by atoms with van der Waals surface area (Å²) in [7, 11) is 0. The van der Waals surface area contributed by atoms with E-state index in [1.54, 1.807) is 0 Å². The minimum Gasteiger partial charge on any atom is -0.453 e. The summed E-state index contributed by atoms with van der Waals surface area (Å²) in [5.74, 6) is -0.467. The van der Waals surface area contributed by atoms with Gasteiger partial charge in [-0.1, -0.05) is 13.3 Å². The quantitative estimate of drug-likeness (QED) is 0.494. The molecule has 0 aromatic carbocycles. The number of halogens is 1. The molecule has 0 aliphatic rings. The van der Waals surface area contributed by atoms with Gasteiger partial charge in [0.15, 0.2) is 6.10 Å². The van der Waals surface area contributed by atoms with Gasteiger partial charge in [-0.05, 0) is 24.4 Å². The van der Waals surface area contributed by atoms with Crippen molar-refractivity contribution in [2.75, 3.05) is 0 Å². The molecule has 0 saturated carbocycles. The van der Waals surface area contributed by atoms with Crippen LogP contribution in [0.1, 0.15) is 33.1 Å². The molecule has 0 aromatic rings. The summed E-state index contributed by atoms with van der Waals surface area (Å²) in [6, 6.07) is 0. The molecule has 3 nitrogen and oxygen atoms in total. The molecular weight excluding hydrogens is 180 g/mol. The van der Waals surface area contributed by atoms with Crippen LogP contribution in [0.15, 0.2) is 0 Å². The average molecular weight is 193 g/mol. The molecule has 0 aliphatic heterocycles. The van der Waals surface area contributed by atoms with Crippen molar-refractivity contribution in [3.8, 4) is 0 Å². The summed E-state index contributed by atoms with van der Waals surface area (Å²) >= 11 is 5.21. The van der Waals surface area contributed by atoms with E-state index in [-0.39, 0.29) is 0 Å². The highest BCUT2D eigenvalue weighted by Crippen LogP contribution is 2.08. The lowest BCUT2D eigenvalue weighted by Crippen LogP contribution is -2.22. The van der Waals surface area contributed by atoms with Gasteiger partial charge < -0.3 is 4.74 Å². The van der Waals surface area contributed by atoms with Crippen molar-refractivity contribution in [2.45, 2.75) is 39.2 Å². The number of carbonyl (C=O) groups is 2. The van der Waals surface area contributed by atoms with Gasteiger partial charge in [0.05, 0.1) is 0 Å². The molecule has 0 unspecified atom stereocenters. The zero-order valence-electron chi connectivity index (χ0n) is 7.30. The lowest BCUT2D eigenvalue weighted by molar-refractivity contribution is -0.150. The van der Waals surface area contributed by atoms with Gasteiger partial charge in [0.2, 0.25) is 0 Å². The van der Waals surface area contributed by atoms with Crippen molar-refractivity contribution >= 4 is 22.8 Å². The number of unbranched alkanes of at least 4 members (excludes halogenated alkanes) is 1. The molecule has 0 bridgehead atoms. The fourth-order valence-corrected chi connectivity index (χ4v) is 0.962. The molecule has 1 atom stereocenters. The van der Waals surface area contributed by atoms with Gasteiger partial charge >= 0.3 is 5.97 Å². The highest BCUT2D eigenvalue weighted by Gasteiger charge is 2.18. The van der Waals surface area contributed by atoms with Crippen molar-refractivity contribution in [1.29, 1.82) is 0 Å². The smallest absolute Gasteiger partial charge is 0.303 e. The maximum atomic E-state index is 10.7. The Bertz CT molecular complexity index is 168. The third-order valence-corrected chi connectivity index (χ3v) is 1.62. The van der Waals surface area contributed by atoms with Crippen LogP contribution >= 0.6 is 11.6 Å². The van der Waals surface area contributed by atoms with Gasteiger partial charge in [-0.15, -0.1) is 0 Å². The lowest BCUT2D eigenvalue weighted by Gasteiger charge is -2.11. The summed E-state index contributed by atoms with van der Waals surface area (Å²) in [6.07, 6.45) is 1.53. The predicted molar refractivity (Wildman–Crippen MR) is 45.9 cm³/mol. The van der Waals surface area contributed by atoms with Crippen molar-refractivity contribution in [3.05, 3.63) is 0 Å². The first-order valence-electron chi connectivity index (χ1n) is 3.94. The summed E-state index contributed by atoms with van der Waals surface area (Å²) in [4.78, 5) is 21.2. The molecule has 0 radical (unpaired) electrons. The van der Waals surface area contributed by atoms with E-state index in [9.17, 15) is 9.59 Å². The van der Waals surface area contributed by atoms with Crippen LogP contribution in [0.5, 0.6) is 0 Å². The Morgan fingerprint density at radius 2 is 2.08 bits per heavy atom. The molecule has 0 N–H and O–H groups in total. The molecular formula is C8H13ClO3. The molecule has 4 heteroatoms. The molecule has 0 fully saturated rings. The number of esters is 1. The Morgan fingerprint density at radius 1 is 1.50 bits per heavy atom. The van der Waals surface area contributed by atoms with E-state index in [0.29, 0.717) is 6.42 Å². The Kier molecular flexibility index (Phi) is 5.72. The fraction of sp³-hybridized carbons (Fsp3) is 0.750. The zero-order chi connectivity index (χ0) is 9.56. The van der Waals surface area contributed by atoms with Crippen molar-refractivity contribution in [3.63, 3.8) is 0 Å². The van der Waals surface area contributed by atoms with E-state index >= 15 is 0 Å². The van der Waals surface area contributed by atoms with E-state index in [1.807, 2.05) is 6.92 Å². The van der Waals surface area contributed by atoms with Gasteiger partial charge in [0.1, 0.15) is 0 Å². The molecule has 0 aliphatic carbocycles. The molecule has 0 rings (SSSR count). The molecule has 0 aromatic heterocycles. The fourth-order valence-electron chi connectivity index (χ4n) is 0.809. The molecule has 0 saturated heterocycles. The first-order valence-corrected chi connectivity index (χ1v) is 4.32. The number of hydrogen-bond acceptors (Lipinski definition) is 3. The van der Waals surface area contributed by atoms with Crippen LogP contribution in [0.25, 0.3) is 0 Å². The second kappa shape index (κ2) is 6.00. The highest BCUT2D eigenvalue weighted by atomic mass is 35.5. The van der Waals surface area contributed by atoms with Crippen LogP contribution in [-0.2, 0) is 14.3 Å². The number of ether oxygens (including phenoxy) is 1. The second-order valence-corrected chi connectivity index (χ2v) is 2.92. The monoisotopic (exact) mass is 192 g/mol. The molecule has 0 spiro atoms. The number of rotatable bonds is 5. The second-order valence-electron chi connectivity index (χ2n) is 2.54. The van der Waals surface area contributed by atoms with Crippen LogP contribution in [0.4, 0.5) is 0 Å². The molecule has 70 valence electrons. The molecule has 0 heterocycles. The standard InChI is InChI=1S/C8H13ClO3/c1-3-4-5-7(8(9)11)12-6(2)10/h7H,3-5H2,1-2H3/t7-/m1/s1. The van der Waals surface area contributed by atoms with E-state index in [0.717, 1.165) is 12.8 Å². The third kappa shape index (κ3) is 5.13. The minimum absolute atomic E-state index is 0.467. The normalized spacial score (nSPS) is 12.2. The summed E-state index contributed by atoms with van der Waals surface area (Å²) in [5.41, 5.74) is 0. The van der Waals surface area contributed by atoms with Crippen molar-refractivity contribution in [2.24, 2.45) is 0 Å². The van der Waals surface area contributed by atoms with Crippen LogP contribution in [-0.4, -0.2) is 17.3 Å². The lowest BCUT2D eigenvalue weighted by atomic mass is 10.2. The maximum absolute atomic E-state index is 10.7. The Balaban J connectivity index is 3.87. The van der Waals surface area contributed by atoms with Crippen LogP contribution in [0.2, 0.25) is 0 Å². The van der Waals surface area contributed by atoms with Gasteiger partial charge in [-0.25, -0.2) is 0 Å². The van der Waals surface area contributed by atoms with Crippen molar-refractivity contribution in [1.82, 2.24) is 0 Å². The highest BCUT2D eigenvalue weighted by molar-refractivity contribution is 6.64. The third-order valence-electron chi connectivity index (χ3n) is 1.38. The number of carbonyl (C=O) groups excluding carboxylic acids is 2. The summed E-state index contributed by atoms with van der Waals surface area (Å²) < 4.78 is 4.69. The molecule has 12 heavy (non-hydrogen) atoms. The van der Waals surface area contributed by atoms with Gasteiger partial charge in [-0.2, -0.15) is 0 Å². The van der Waals surface area contributed by atoms with E-state index < -0.39 is 17.3 Å². The van der Waals surface area contributed by atoms with Crippen molar-refractivity contribution < 1.29 is 14.3 Å². The largest absolute Gasteiger partial charge is 0.453 e. The van der Waals surface area contributed by atoms with E-state index in [4.69, 9.17) is 16.3 Å². The van der Waals surface area contributed by atoms with Gasteiger partial charge in [0.25, 0.3) is 5.24 Å². The SMILES string of the molecule is CCCC[C@@H](OC(C)=O)C(=O)Cl. The summed E-state index contributed by atoms with van der Waals surface area (Å²) in [6.45, 7) is 3.25. The van der Waals surface area contributed by atoms with Crippen LogP contribution in [0.3, 0.4) is 0 Å². The zero-order valence-corrected chi connectivity index (χ0v) is 8.06. The topological polar surface area (TPSA) is 43.4 Å². The average Bonchev–Trinajstić information content (AvgIpc) is 1.96. The molecule has 0 amide bonds. The minimum atomic E-state index is -0.760. The first kappa shape index (κ1) is 11.4. The van der Waals surface area contributed by atoms with Gasteiger partial charge in [0, 0.05) is 6.92 Å². The number of hydrogen-bond donors (Lipinski definition) is 0. The Hall–Kier alpha value is -0.570. The van der Waals surface area contributed by atoms with E-state index in [1.165, 1.54) is 6.92 Å². The van der Waals surface area contributed by atoms with E-state index in [2.05, 4.69) is 0 Å². The Labute approximate surface area is 77.0 Å². The van der Waals surface area contributed by atoms with Gasteiger partial charge in [-0.3, -0.25) is 9.59 Å². The van der Waals surface area contributed by atoms with Crippen LogP contribution in [0, 0.1) is 0 Å². The first-order chi connectivity index (χ1) is 5.57. The maximum Gasteiger partial charge on any atom is 0.303 e. The van der Waals surface area contributed by atoms with Crippen LogP contribution < -0.4 is 0 Å². The Morgan fingerprint density at radius 3 is 2.42 bits per heavy atom. The predicted octanol–water partition coefficient (Wildman–Crippen LogP) is 1.87. The summed E-state index contributed by atoms with van der Waals surface area (Å²) in [5, 5.41) is -0.598.